The van der Waals surface area contributed by atoms with E-state index < -0.39 is 11.6 Å². The summed E-state index contributed by atoms with van der Waals surface area (Å²) in [5.41, 5.74) is 6.74. The summed E-state index contributed by atoms with van der Waals surface area (Å²) in [5, 5.41) is 0. The summed E-state index contributed by atoms with van der Waals surface area (Å²) in [6, 6.07) is 8.15. The highest BCUT2D eigenvalue weighted by atomic mass is 32.2. The van der Waals surface area contributed by atoms with Gasteiger partial charge >= 0.3 is 0 Å². The normalized spacial score (nSPS) is 10.5. The highest BCUT2D eigenvalue weighted by Gasteiger charge is 2.13. The maximum atomic E-state index is 13.7. The Morgan fingerprint density at radius 3 is 2.43 bits per heavy atom. The van der Waals surface area contributed by atoms with Crippen LogP contribution < -0.4 is 5.73 Å². The lowest BCUT2D eigenvalue weighted by Crippen LogP contribution is -2.21. The summed E-state index contributed by atoms with van der Waals surface area (Å²) < 4.78 is 26.6. The van der Waals surface area contributed by atoms with Crippen LogP contribution in [-0.2, 0) is 0 Å². The van der Waals surface area contributed by atoms with Crippen LogP contribution in [0.3, 0.4) is 0 Å². The Labute approximate surface area is 125 Å². The minimum absolute atomic E-state index is 0.170. The molecule has 0 bridgehead atoms. The highest BCUT2D eigenvalue weighted by molar-refractivity contribution is 7.99. The Hall–Kier alpha value is -2.08. The maximum absolute atomic E-state index is 13.7. The zero-order valence-electron chi connectivity index (χ0n) is 11.6. The largest absolute Gasteiger partial charge is 0.398 e. The lowest BCUT2D eigenvalue weighted by molar-refractivity contribution is 0.0827. The summed E-state index contributed by atoms with van der Waals surface area (Å²) in [6.45, 7) is 0. The van der Waals surface area contributed by atoms with Crippen LogP contribution in [0.4, 0.5) is 14.5 Å². The van der Waals surface area contributed by atoms with Crippen LogP contribution in [0.25, 0.3) is 0 Å². The number of amides is 1. The summed E-state index contributed by atoms with van der Waals surface area (Å²) in [4.78, 5) is 14.2. The third-order valence-corrected chi connectivity index (χ3v) is 3.91. The molecular weight excluding hydrogens is 294 g/mol. The molecule has 0 heterocycles. The van der Waals surface area contributed by atoms with E-state index in [9.17, 15) is 13.6 Å². The van der Waals surface area contributed by atoms with Gasteiger partial charge in [-0.15, -0.1) is 0 Å². The number of rotatable bonds is 3. The number of nitrogens with zero attached hydrogens (tertiary/aromatic N) is 1. The molecule has 0 aliphatic heterocycles. The van der Waals surface area contributed by atoms with Crippen molar-refractivity contribution in [3.05, 3.63) is 53.6 Å². The molecule has 0 aliphatic carbocycles. The zero-order chi connectivity index (χ0) is 15.6. The first-order valence-electron chi connectivity index (χ1n) is 6.12. The van der Waals surface area contributed by atoms with Gasteiger partial charge in [0.2, 0.25) is 0 Å². The van der Waals surface area contributed by atoms with Crippen molar-refractivity contribution in [2.24, 2.45) is 0 Å². The van der Waals surface area contributed by atoms with Crippen molar-refractivity contribution >= 4 is 23.4 Å². The molecule has 0 aliphatic rings. The van der Waals surface area contributed by atoms with Crippen LogP contribution in [0.15, 0.2) is 46.2 Å². The van der Waals surface area contributed by atoms with Gasteiger partial charge in [0.1, 0.15) is 11.6 Å². The molecular formula is C15H14F2N2OS. The minimum Gasteiger partial charge on any atom is -0.398 e. The highest BCUT2D eigenvalue weighted by Crippen LogP contribution is 2.34. The SMILES string of the molecule is CN(C)C(=O)c1ccc(N)c(Sc2ccc(F)cc2F)c1. The topological polar surface area (TPSA) is 46.3 Å². The number of carbonyl (C=O) groups excluding carboxylic acids is 1. The van der Waals surface area contributed by atoms with E-state index in [4.69, 9.17) is 5.73 Å². The van der Waals surface area contributed by atoms with Gasteiger partial charge in [0.05, 0.1) is 0 Å². The molecule has 2 aromatic rings. The van der Waals surface area contributed by atoms with Gasteiger partial charge in [0.25, 0.3) is 5.91 Å². The van der Waals surface area contributed by atoms with Crippen LogP contribution in [0, 0.1) is 11.6 Å². The molecule has 2 N–H and O–H groups in total. The second-order valence-electron chi connectivity index (χ2n) is 4.63. The first kappa shape index (κ1) is 15.3. The number of carbonyl (C=O) groups is 1. The number of anilines is 1. The summed E-state index contributed by atoms with van der Waals surface area (Å²) in [5.74, 6) is -1.47. The van der Waals surface area contributed by atoms with E-state index in [-0.39, 0.29) is 10.8 Å². The summed E-state index contributed by atoms with van der Waals surface area (Å²) in [7, 11) is 3.29. The van der Waals surface area contributed by atoms with Gasteiger partial charge in [-0.1, -0.05) is 11.8 Å². The lowest BCUT2D eigenvalue weighted by atomic mass is 10.2. The van der Waals surface area contributed by atoms with Gasteiger partial charge in [-0.2, -0.15) is 0 Å². The molecule has 0 spiro atoms. The van der Waals surface area contributed by atoms with E-state index in [1.165, 1.54) is 17.0 Å². The van der Waals surface area contributed by atoms with Crippen molar-refractivity contribution in [1.29, 1.82) is 0 Å². The van der Waals surface area contributed by atoms with E-state index in [0.29, 0.717) is 16.1 Å². The molecule has 21 heavy (non-hydrogen) atoms. The van der Waals surface area contributed by atoms with Gasteiger partial charge in [-0.3, -0.25) is 4.79 Å². The molecule has 6 heteroatoms. The molecule has 3 nitrogen and oxygen atoms in total. The fourth-order valence-electron chi connectivity index (χ4n) is 1.69. The predicted molar refractivity (Wildman–Crippen MR) is 79.4 cm³/mol. The first-order valence-corrected chi connectivity index (χ1v) is 6.94. The third kappa shape index (κ3) is 3.52. The Morgan fingerprint density at radius 1 is 1.10 bits per heavy atom. The minimum atomic E-state index is -0.663. The molecule has 0 aromatic heterocycles. The molecule has 0 saturated carbocycles. The number of hydrogen-bond donors (Lipinski definition) is 1. The van der Waals surface area contributed by atoms with Crippen molar-refractivity contribution in [3.8, 4) is 0 Å². The van der Waals surface area contributed by atoms with Crippen molar-refractivity contribution in [2.75, 3.05) is 19.8 Å². The number of benzene rings is 2. The standard InChI is InChI=1S/C15H14F2N2OS/c1-19(2)15(20)9-3-5-12(18)14(7-9)21-13-6-4-10(16)8-11(13)17/h3-8H,18H2,1-2H3. The average molecular weight is 308 g/mol. The second-order valence-corrected chi connectivity index (χ2v) is 5.71. The molecule has 2 rings (SSSR count). The zero-order valence-corrected chi connectivity index (χ0v) is 12.4. The van der Waals surface area contributed by atoms with Gasteiger partial charge in [0.15, 0.2) is 0 Å². The number of hydrogen-bond acceptors (Lipinski definition) is 3. The van der Waals surface area contributed by atoms with Gasteiger partial charge in [-0.25, -0.2) is 8.78 Å². The Balaban J connectivity index is 2.35. The number of nitrogens with two attached hydrogens (primary N) is 1. The monoisotopic (exact) mass is 308 g/mol. The fourth-order valence-corrected chi connectivity index (χ4v) is 2.59. The molecule has 0 fully saturated rings. The number of halogens is 2. The number of nitrogen functional groups attached to an aromatic ring is 1. The van der Waals surface area contributed by atoms with Crippen molar-refractivity contribution in [3.63, 3.8) is 0 Å². The third-order valence-electron chi connectivity index (χ3n) is 2.78. The molecule has 0 saturated heterocycles. The van der Waals surface area contributed by atoms with E-state index >= 15 is 0 Å². The van der Waals surface area contributed by atoms with E-state index in [0.717, 1.165) is 17.8 Å². The van der Waals surface area contributed by atoms with Crippen LogP contribution >= 0.6 is 11.8 Å². The molecule has 0 radical (unpaired) electrons. The summed E-state index contributed by atoms with van der Waals surface area (Å²) >= 11 is 1.06. The maximum Gasteiger partial charge on any atom is 0.253 e. The van der Waals surface area contributed by atoms with E-state index in [2.05, 4.69) is 0 Å². The van der Waals surface area contributed by atoms with Gasteiger partial charge in [-0.05, 0) is 30.3 Å². The van der Waals surface area contributed by atoms with Crippen LogP contribution in [0.2, 0.25) is 0 Å². The Morgan fingerprint density at radius 2 is 1.81 bits per heavy atom. The Kier molecular flexibility index (Phi) is 4.47. The first-order chi connectivity index (χ1) is 9.88. The fraction of sp³-hybridized carbons (Fsp3) is 0.133. The molecule has 0 atom stereocenters. The van der Waals surface area contributed by atoms with Crippen LogP contribution in [0.1, 0.15) is 10.4 Å². The molecule has 110 valence electrons. The smallest absolute Gasteiger partial charge is 0.253 e. The van der Waals surface area contributed by atoms with Crippen LogP contribution in [0.5, 0.6) is 0 Å². The van der Waals surface area contributed by atoms with E-state index in [1.54, 1.807) is 32.3 Å². The lowest BCUT2D eigenvalue weighted by Gasteiger charge is -2.12. The van der Waals surface area contributed by atoms with Crippen molar-refractivity contribution < 1.29 is 13.6 Å². The second kappa shape index (κ2) is 6.13. The predicted octanol–water partition coefficient (Wildman–Crippen LogP) is 3.40. The Bertz CT molecular complexity index is 689. The molecule has 1 amide bonds. The molecule has 0 unspecified atom stereocenters. The van der Waals surface area contributed by atoms with Gasteiger partial charge < -0.3 is 10.6 Å². The van der Waals surface area contributed by atoms with Crippen molar-refractivity contribution in [1.82, 2.24) is 4.90 Å². The molecule has 2 aromatic carbocycles. The van der Waals surface area contributed by atoms with E-state index in [1.807, 2.05) is 0 Å². The van der Waals surface area contributed by atoms with Gasteiger partial charge in [0, 0.05) is 41.2 Å². The average Bonchev–Trinajstić information content (AvgIpc) is 2.43. The summed E-state index contributed by atoms with van der Waals surface area (Å²) in [6.07, 6.45) is 0. The van der Waals surface area contributed by atoms with Crippen LogP contribution in [-0.4, -0.2) is 24.9 Å². The quantitative estimate of drug-likeness (QED) is 0.884. The van der Waals surface area contributed by atoms with Crippen molar-refractivity contribution in [2.45, 2.75) is 9.79 Å².